The van der Waals surface area contributed by atoms with E-state index in [2.05, 4.69) is 6.92 Å². The molecular weight excluding hydrogens is 178 g/mol. The summed E-state index contributed by atoms with van der Waals surface area (Å²) < 4.78 is 0. The van der Waals surface area contributed by atoms with Crippen molar-refractivity contribution >= 4 is 5.97 Å². The fourth-order valence-electron chi connectivity index (χ4n) is 1.31. The number of carboxylic acid groups (broad SMARTS) is 1. The van der Waals surface area contributed by atoms with E-state index in [1.54, 1.807) is 13.8 Å². The maximum atomic E-state index is 10.9. The first kappa shape index (κ1) is 13.4. The van der Waals surface area contributed by atoms with Gasteiger partial charge < -0.3 is 10.8 Å². The van der Waals surface area contributed by atoms with E-state index in [0.717, 1.165) is 19.3 Å². The van der Waals surface area contributed by atoms with Crippen molar-refractivity contribution < 1.29 is 9.90 Å². The third kappa shape index (κ3) is 4.09. The lowest BCUT2D eigenvalue weighted by Gasteiger charge is -2.26. The number of unbranched alkanes of at least 4 members (excludes halogenated alkanes) is 3. The van der Waals surface area contributed by atoms with Gasteiger partial charge in [-0.25, -0.2) is 0 Å². The van der Waals surface area contributed by atoms with Crippen LogP contribution in [0.15, 0.2) is 0 Å². The Morgan fingerprint density at radius 2 is 1.93 bits per heavy atom. The van der Waals surface area contributed by atoms with Gasteiger partial charge in [-0.05, 0) is 20.3 Å². The van der Waals surface area contributed by atoms with Crippen molar-refractivity contribution in [3.63, 3.8) is 0 Å². The van der Waals surface area contributed by atoms with Crippen LogP contribution in [-0.2, 0) is 4.79 Å². The fourth-order valence-corrected chi connectivity index (χ4v) is 1.31. The zero-order valence-corrected chi connectivity index (χ0v) is 9.55. The summed E-state index contributed by atoms with van der Waals surface area (Å²) >= 11 is 0. The molecule has 3 nitrogen and oxygen atoms in total. The molecule has 0 saturated heterocycles. The van der Waals surface area contributed by atoms with E-state index in [9.17, 15) is 4.79 Å². The predicted molar refractivity (Wildman–Crippen MR) is 58.2 cm³/mol. The molecule has 0 rings (SSSR count). The summed E-state index contributed by atoms with van der Waals surface area (Å²) in [6, 6.07) is -0.239. The lowest BCUT2D eigenvalue weighted by atomic mass is 9.82. The van der Waals surface area contributed by atoms with Crippen molar-refractivity contribution in [2.45, 2.75) is 58.9 Å². The summed E-state index contributed by atoms with van der Waals surface area (Å²) in [6.07, 6.45) is 5.39. The Balaban J connectivity index is 3.83. The predicted octanol–water partition coefficient (Wildman–Crippen LogP) is 2.39. The molecule has 1 unspecified atom stereocenters. The Hall–Kier alpha value is -0.570. The zero-order valence-electron chi connectivity index (χ0n) is 9.55. The summed E-state index contributed by atoms with van der Waals surface area (Å²) in [4.78, 5) is 10.9. The normalized spacial score (nSPS) is 14.0. The van der Waals surface area contributed by atoms with Crippen LogP contribution in [0.4, 0.5) is 0 Å². The van der Waals surface area contributed by atoms with Gasteiger partial charge in [0.05, 0.1) is 5.41 Å². The maximum absolute atomic E-state index is 10.9. The van der Waals surface area contributed by atoms with E-state index in [0.29, 0.717) is 0 Å². The summed E-state index contributed by atoms with van der Waals surface area (Å²) in [5.74, 6) is -0.805. The Bertz CT molecular complexity index is 178. The molecule has 0 aliphatic rings. The average Bonchev–Trinajstić information content (AvgIpc) is 2.11. The molecule has 1 atom stereocenters. The second kappa shape index (κ2) is 6.02. The quantitative estimate of drug-likeness (QED) is 0.622. The van der Waals surface area contributed by atoms with Crippen LogP contribution in [0.25, 0.3) is 0 Å². The number of rotatable bonds is 7. The largest absolute Gasteiger partial charge is 0.481 e. The standard InChI is InChI=1S/C11H23NO2/c1-4-5-6-7-8-9(12)11(2,3)10(13)14/h9H,4-8,12H2,1-3H3,(H,13,14). The molecule has 0 spiro atoms. The Kier molecular flexibility index (Phi) is 5.77. The number of carboxylic acids is 1. The first-order valence-electron chi connectivity index (χ1n) is 5.42. The number of hydrogen-bond donors (Lipinski definition) is 2. The highest BCUT2D eigenvalue weighted by Gasteiger charge is 2.33. The molecule has 0 heterocycles. The van der Waals surface area contributed by atoms with E-state index >= 15 is 0 Å². The van der Waals surface area contributed by atoms with Crippen molar-refractivity contribution in [2.24, 2.45) is 11.1 Å². The molecule has 0 amide bonds. The monoisotopic (exact) mass is 201 g/mol. The Morgan fingerprint density at radius 1 is 1.36 bits per heavy atom. The molecule has 14 heavy (non-hydrogen) atoms. The van der Waals surface area contributed by atoms with Gasteiger partial charge in [-0.3, -0.25) is 4.79 Å². The first-order valence-corrected chi connectivity index (χ1v) is 5.42. The highest BCUT2D eigenvalue weighted by atomic mass is 16.4. The van der Waals surface area contributed by atoms with Crippen molar-refractivity contribution in [2.75, 3.05) is 0 Å². The van der Waals surface area contributed by atoms with Crippen molar-refractivity contribution in [3.05, 3.63) is 0 Å². The summed E-state index contributed by atoms with van der Waals surface area (Å²) in [5, 5.41) is 8.93. The van der Waals surface area contributed by atoms with Crippen LogP contribution in [0.2, 0.25) is 0 Å². The minimum Gasteiger partial charge on any atom is -0.481 e. The van der Waals surface area contributed by atoms with Gasteiger partial charge in [0.25, 0.3) is 0 Å². The summed E-state index contributed by atoms with van der Waals surface area (Å²) in [7, 11) is 0. The number of nitrogens with two attached hydrogens (primary N) is 1. The Morgan fingerprint density at radius 3 is 2.36 bits per heavy atom. The highest BCUT2D eigenvalue weighted by Crippen LogP contribution is 2.23. The van der Waals surface area contributed by atoms with Crippen molar-refractivity contribution in [3.8, 4) is 0 Å². The SMILES string of the molecule is CCCCCCC(N)C(C)(C)C(=O)O. The van der Waals surface area contributed by atoms with Crippen LogP contribution >= 0.6 is 0 Å². The third-order valence-electron chi connectivity index (χ3n) is 2.85. The molecule has 0 aliphatic heterocycles. The molecular formula is C11H23NO2. The van der Waals surface area contributed by atoms with E-state index in [1.165, 1.54) is 12.8 Å². The van der Waals surface area contributed by atoms with Crippen LogP contribution in [0, 0.1) is 5.41 Å². The van der Waals surface area contributed by atoms with Gasteiger partial charge in [-0.2, -0.15) is 0 Å². The molecule has 0 aliphatic carbocycles. The lowest BCUT2D eigenvalue weighted by molar-refractivity contribution is -0.148. The number of hydrogen-bond acceptors (Lipinski definition) is 2. The van der Waals surface area contributed by atoms with Gasteiger partial charge in [0.1, 0.15) is 0 Å². The van der Waals surface area contributed by atoms with Gasteiger partial charge in [-0.15, -0.1) is 0 Å². The topological polar surface area (TPSA) is 63.3 Å². The average molecular weight is 201 g/mol. The minimum atomic E-state index is -0.805. The van der Waals surface area contributed by atoms with Gasteiger partial charge >= 0.3 is 5.97 Å². The highest BCUT2D eigenvalue weighted by molar-refractivity contribution is 5.74. The number of carbonyl (C=O) groups is 1. The molecule has 84 valence electrons. The molecule has 0 aromatic rings. The molecule has 3 N–H and O–H groups in total. The second-order valence-corrected chi connectivity index (χ2v) is 4.48. The van der Waals surface area contributed by atoms with E-state index in [-0.39, 0.29) is 6.04 Å². The van der Waals surface area contributed by atoms with E-state index < -0.39 is 11.4 Å². The van der Waals surface area contributed by atoms with Crippen LogP contribution in [0.3, 0.4) is 0 Å². The second-order valence-electron chi connectivity index (χ2n) is 4.48. The van der Waals surface area contributed by atoms with Crippen LogP contribution < -0.4 is 5.73 Å². The fraction of sp³-hybridized carbons (Fsp3) is 0.909. The smallest absolute Gasteiger partial charge is 0.310 e. The van der Waals surface area contributed by atoms with Gasteiger partial charge in [0, 0.05) is 6.04 Å². The van der Waals surface area contributed by atoms with Crippen molar-refractivity contribution in [1.82, 2.24) is 0 Å². The lowest BCUT2D eigenvalue weighted by Crippen LogP contribution is -2.43. The third-order valence-corrected chi connectivity index (χ3v) is 2.85. The van der Waals surface area contributed by atoms with E-state index in [1.807, 2.05) is 0 Å². The first-order chi connectivity index (χ1) is 6.42. The maximum Gasteiger partial charge on any atom is 0.310 e. The summed E-state index contributed by atoms with van der Waals surface area (Å²) in [6.45, 7) is 5.54. The molecule has 0 fully saturated rings. The summed E-state index contributed by atoms with van der Waals surface area (Å²) in [5.41, 5.74) is 5.05. The van der Waals surface area contributed by atoms with E-state index in [4.69, 9.17) is 10.8 Å². The zero-order chi connectivity index (χ0) is 11.2. The van der Waals surface area contributed by atoms with Crippen molar-refractivity contribution in [1.29, 1.82) is 0 Å². The van der Waals surface area contributed by atoms with Gasteiger partial charge in [-0.1, -0.05) is 32.6 Å². The number of aliphatic carboxylic acids is 1. The van der Waals surface area contributed by atoms with Gasteiger partial charge in [0.15, 0.2) is 0 Å². The minimum absolute atomic E-state index is 0.239. The molecule has 0 aromatic heterocycles. The van der Waals surface area contributed by atoms with Crippen LogP contribution in [-0.4, -0.2) is 17.1 Å². The Labute approximate surface area is 86.7 Å². The van der Waals surface area contributed by atoms with Crippen LogP contribution in [0.5, 0.6) is 0 Å². The van der Waals surface area contributed by atoms with Gasteiger partial charge in [0.2, 0.25) is 0 Å². The molecule has 3 heteroatoms. The molecule has 0 aromatic carbocycles. The van der Waals surface area contributed by atoms with Crippen LogP contribution in [0.1, 0.15) is 52.9 Å². The molecule has 0 saturated carbocycles. The molecule has 0 radical (unpaired) electrons. The molecule has 0 bridgehead atoms.